The standard InChI is InChI=1S/C12H15O3/c1-11(15-10-13)14-9-5-8-12-6-3-2-4-7-12/h2-4,6-7,11H,5,8-9H2,1H3. The quantitative estimate of drug-likeness (QED) is 0.507. The zero-order valence-electron chi connectivity index (χ0n) is 8.81. The lowest BCUT2D eigenvalue weighted by Gasteiger charge is -2.09. The van der Waals surface area contributed by atoms with Gasteiger partial charge in [-0.15, -0.1) is 0 Å². The van der Waals surface area contributed by atoms with E-state index < -0.39 is 6.29 Å². The van der Waals surface area contributed by atoms with E-state index in [4.69, 9.17) is 4.74 Å². The summed E-state index contributed by atoms with van der Waals surface area (Å²) in [6, 6.07) is 10.2. The van der Waals surface area contributed by atoms with E-state index in [2.05, 4.69) is 16.9 Å². The van der Waals surface area contributed by atoms with Crippen molar-refractivity contribution in [2.45, 2.75) is 26.1 Å². The Kier molecular flexibility index (Phi) is 5.48. The first kappa shape index (κ1) is 11.7. The molecule has 0 N–H and O–H groups in total. The first-order valence-corrected chi connectivity index (χ1v) is 5.01. The minimum atomic E-state index is -0.502. The Morgan fingerprint density at radius 1 is 1.33 bits per heavy atom. The lowest BCUT2D eigenvalue weighted by molar-refractivity contribution is -0.0762. The van der Waals surface area contributed by atoms with Gasteiger partial charge in [-0.05, 0) is 25.3 Å². The molecule has 0 spiro atoms. The minimum Gasteiger partial charge on any atom is -0.428 e. The Hall–Kier alpha value is -1.35. The number of aryl methyl sites for hydroxylation is 1. The monoisotopic (exact) mass is 207 g/mol. The van der Waals surface area contributed by atoms with Crippen molar-refractivity contribution in [3.05, 3.63) is 35.9 Å². The molecule has 1 aromatic rings. The van der Waals surface area contributed by atoms with Crippen molar-refractivity contribution >= 4 is 6.47 Å². The molecule has 0 saturated carbocycles. The lowest BCUT2D eigenvalue weighted by atomic mass is 10.1. The second-order valence-electron chi connectivity index (χ2n) is 3.23. The minimum absolute atomic E-state index is 0.502. The number of carbonyl (C=O) groups excluding carboxylic acids is 1. The number of ether oxygens (including phenoxy) is 2. The molecule has 0 fully saturated rings. The van der Waals surface area contributed by atoms with Crippen LogP contribution in [0, 0.1) is 0 Å². The second kappa shape index (κ2) is 7.01. The summed E-state index contributed by atoms with van der Waals surface area (Å²) < 4.78 is 9.69. The Labute approximate surface area is 90.0 Å². The molecule has 1 unspecified atom stereocenters. The van der Waals surface area contributed by atoms with Crippen LogP contribution in [0.1, 0.15) is 18.9 Å². The maximum atomic E-state index is 9.84. The SMILES string of the molecule is CC(O[C]=O)OCCCc1ccccc1. The third-order valence-corrected chi connectivity index (χ3v) is 2.02. The van der Waals surface area contributed by atoms with Gasteiger partial charge in [0.1, 0.15) is 0 Å². The fraction of sp³-hybridized carbons (Fsp3) is 0.417. The van der Waals surface area contributed by atoms with E-state index in [-0.39, 0.29) is 0 Å². The molecule has 0 aliphatic carbocycles. The van der Waals surface area contributed by atoms with Crippen LogP contribution in [0.5, 0.6) is 0 Å². The van der Waals surface area contributed by atoms with Crippen molar-refractivity contribution in [2.24, 2.45) is 0 Å². The third-order valence-electron chi connectivity index (χ3n) is 2.02. The topological polar surface area (TPSA) is 35.5 Å². The molecule has 0 heterocycles. The van der Waals surface area contributed by atoms with E-state index in [1.165, 1.54) is 12.0 Å². The molecule has 3 nitrogen and oxygen atoms in total. The van der Waals surface area contributed by atoms with Gasteiger partial charge in [0.2, 0.25) is 6.29 Å². The van der Waals surface area contributed by atoms with Gasteiger partial charge in [-0.25, -0.2) is 4.79 Å². The molecule has 0 aromatic heterocycles. The number of rotatable bonds is 7. The van der Waals surface area contributed by atoms with Gasteiger partial charge in [0.15, 0.2) is 0 Å². The van der Waals surface area contributed by atoms with Gasteiger partial charge in [0.25, 0.3) is 0 Å². The van der Waals surface area contributed by atoms with Crippen molar-refractivity contribution in [3.8, 4) is 0 Å². The van der Waals surface area contributed by atoms with Crippen LogP contribution in [-0.4, -0.2) is 19.4 Å². The van der Waals surface area contributed by atoms with E-state index in [9.17, 15) is 4.79 Å². The van der Waals surface area contributed by atoms with Gasteiger partial charge in [-0.1, -0.05) is 30.3 Å². The molecule has 1 rings (SSSR count). The van der Waals surface area contributed by atoms with E-state index in [1.807, 2.05) is 18.2 Å². The highest BCUT2D eigenvalue weighted by Gasteiger charge is 2.00. The van der Waals surface area contributed by atoms with Gasteiger partial charge in [-0.2, -0.15) is 0 Å². The molecule has 15 heavy (non-hydrogen) atoms. The maximum Gasteiger partial charge on any atom is 0.419 e. The highest BCUT2D eigenvalue weighted by atomic mass is 16.7. The van der Waals surface area contributed by atoms with Crippen LogP contribution < -0.4 is 0 Å². The average molecular weight is 207 g/mol. The van der Waals surface area contributed by atoms with E-state index in [1.54, 1.807) is 6.92 Å². The van der Waals surface area contributed by atoms with Crippen LogP contribution in [0.2, 0.25) is 0 Å². The van der Waals surface area contributed by atoms with Crippen LogP contribution in [0.25, 0.3) is 0 Å². The summed E-state index contributed by atoms with van der Waals surface area (Å²) in [7, 11) is 0. The number of hydrogen-bond acceptors (Lipinski definition) is 3. The molecule has 0 aliphatic heterocycles. The molecule has 1 radical (unpaired) electrons. The van der Waals surface area contributed by atoms with Crippen molar-refractivity contribution in [1.29, 1.82) is 0 Å². The Bertz CT molecular complexity index is 271. The van der Waals surface area contributed by atoms with Gasteiger partial charge in [-0.3, -0.25) is 0 Å². The Morgan fingerprint density at radius 3 is 2.73 bits per heavy atom. The summed E-state index contributed by atoms with van der Waals surface area (Å²) in [6.45, 7) is 3.61. The maximum absolute atomic E-state index is 9.84. The third kappa shape index (κ3) is 5.18. The Morgan fingerprint density at radius 2 is 2.07 bits per heavy atom. The lowest BCUT2D eigenvalue weighted by Crippen LogP contribution is -2.12. The number of hydrogen-bond donors (Lipinski definition) is 0. The van der Waals surface area contributed by atoms with Crippen LogP contribution in [0.15, 0.2) is 30.3 Å². The fourth-order valence-corrected chi connectivity index (χ4v) is 1.27. The smallest absolute Gasteiger partial charge is 0.419 e. The predicted molar refractivity (Wildman–Crippen MR) is 57.0 cm³/mol. The highest BCUT2D eigenvalue weighted by molar-refractivity contribution is 5.38. The van der Waals surface area contributed by atoms with Crippen LogP contribution in [0.3, 0.4) is 0 Å². The summed E-state index contributed by atoms with van der Waals surface area (Å²) in [5.74, 6) is 0. The zero-order valence-corrected chi connectivity index (χ0v) is 8.81. The number of benzene rings is 1. The van der Waals surface area contributed by atoms with Crippen molar-refractivity contribution in [2.75, 3.05) is 6.61 Å². The summed E-state index contributed by atoms with van der Waals surface area (Å²) in [5.41, 5.74) is 1.29. The molecular formula is C12H15O3. The summed E-state index contributed by atoms with van der Waals surface area (Å²) in [5, 5.41) is 0. The van der Waals surface area contributed by atoms with Crippen molar-refractivity contribution in [1.82, 2.24) is 0 Å². The van der Waals surface area contributed by atoms with Crippen molar-refractivity contribution in [3.63, 3.8) is 0 Å². The molecule has 1 atom stereocenters. The van der Waals surface area contributed by atoms with Gasteiger partial charge in [0.05, 0.1) is 6.61 Å². The molecule has 0 aliphatic rings. The molecule has 3 heteroatoms. The molecule has 0 saturated heterocycles. The second-order valence-corrected chi connectivity index (χ2v) is 3.23. The van der Waals surface area contributed by atoms with E-state index in [0.717, 1.165) is 12.8 Å². The Balaban J connectivity index is 2.09. The van der Waals surface area contributed by atoms with E-state index >= 15 is 0 Å². The van der Waals surface area contributed by atoms with Gasteiger partial charge in [0, 0.05) is 0 Å². The van der Waals surface area contributed by atoms with E-state index in [0.29, 0.717) is 6.61 Å². The summed E-state index contributed by atoms with van der Waals surface area (Å²) in [6.07, 6.45) is 1.38. The molecule has 81 valence electrons. The van der Waals surface area contributed by atoms with Crippen LogP contribution in [-0.2, 0) is 20.7 Å². The van der Waals surface area contributed by atoms with Gasteiger partial charge >= 0.3 is 6.47 Å². The largest absolute Gasteiger partial charge is 0.428 e. The summed E-state index contributed by atoms with van der Waals surface area (Å²) in [4.78, 5) is 9.84. The molecular weight excluding hydrogens is 192 g/mol. The van der Waals surface area contributed by atoms with Gasteiger partial charge < -0.3 is 9.47 Å². The normalized spacial score (nSPS) is 12.1. The summed E-state index contributed by atoms with van der Waals surface area (Å²) >= 11 is 0. The van der Waals surface area contributed by atoms with Crippen molar-refractivity contribution < 1.29 is 14.3 Å². The first-order chi connectivity index (χ1) is 7.33. The average Bonchev–Trinajstić information content (AvgIpc) is 2.26. The van der Waals surface area contributed by atoms with Crippen LogP contribution in [0.4, 0.5) is 0 Å². The predicted octanol–water partition coefficient (Wildman–Crippen LogP) is 2.07. The van der Waals surface area contributed by atoms with Crippen LogP contribution >= 0.6 is 0 Å². The molecule has 1 aromatic carbocycles. The molecule has 0 amide bonds. The highest BCUT2D eigenvalue weighted by Crippen LogP contribution is 2.03. The first-order valence-electron chi connectivity index (χ1n) is 5.01. The molecule has 0 bridgehead atoms. The zero-order chi connectivity index (χ0) is 10.9. The fourth-order valence-electron chi connectivity index (χ4n) is 1.27.